The molecule has 1 amide bonds. The van der Waals surface area contributed by atoms with Gasteiger partial charge in [0.1, 0.15) is 5.00 Å². The minimum Gasteiger partial charge on any atom is -0.462 e. The number of aryl methyl sites for hydroxylation is 1. The first-order valence-electron chi connectivity index (χ1n) is 11.3. The molecule has 7 nitrogen and oxygen atoms in total. The summed E-state index contributed by atoms with van der Waals surface area (Å²) in [6, 6.07) is 0. The zero-order valence-electron chi connectivity index (χ0n) is 17.8. The highest BCUT2D eigenvalue weighted by atomic mass is 32.1. The molecule has 4 saturated carbocycles. The Morgan fingerprint density at radius 1 is 1.13 bits per heavy atom. The summed E-state index contributed by atoms with van der Waals surface area (Å²) in [5, 5.41) is 14.1. The van der Waals surface area contributed by atoms with Gasteiger partial charge in [0.25, 0.3) is 5.91 Å². The third-order valence-electron chi connectivity index (χ3n) is 7.45. The van der Waals surface area contributed by atoms with Crippen LogP contribution >= 0.6 is 11.3 Å². The number of amides is 1. The summed E-state index contributed by atoms with van der Waals surface area (Å²) in [6.45, 7) is 1.63. The largest absolute Gasteiger partial charge is 0.462 e. The highest BCUT2D eigenvalue weighted by Crippen LogP contribution is 2.62. The molecule has 1 heterocycles. The SMILES string of the molecule is CCOC(=O)c1c(NC(=O)COC(=O)C23CC4CC(CC(O)(C4)C2)C3)sc2c1CCC2. The smallest absolute Gasteiger partial charge is 0.341 e. The highest BCUT2D eigenvalue weighted by molar-refractivity contribution is 7.17. The Bertz CT molecular complexity index is 923. The van der Waals surface area contributed by atoms with Gasteiger partial charge in [-0.2, -0.15) is 0 Å². The van der Waals surface area contributed by atoms with E-state index >= 15 is 0 Å². The van der Waals surface area contributed by atoms with Gasteiger partial charge in [0.05, 0.1) is 23.2 Å². The van der Waals surface area contributed by atoms with Crippen molar-refractivity contribution in [2.75, 3.05) is 18.5 Å². The number of hydrogen-bond acceptors (Lipinski definition) is 7. The lowest BCUT2D eigenvalue weighted by Gasteiger charge is -2.58. The first-order valence-corrected chi connectivity index (χ1v) is 12.1. The van der Waals surface area contributed by atoms with E-state index in [4.69, 9.17) is 9.47 Å². The van der Waals surface area contributed by atoms with Crippen molar-refractivity contribution in [3.8, 4) is 0 Å². The number of fused-ring (bicyclic) bond motifs is 1. The van der Waals surface area contributed by atoms with Crippen molar-refractivity contribution >= 4 is 34.2 Å². The van der Waals surface area contributed by atoms with E-state index in [1.165, 1.54) is 11.3 Å². The van der Waals surface area contributed by atoms with Gasteiger partial charge in [-0.1, -0.05) is 0 Å². The van der Waals surface area contributed by atoms with Gasteiger partial charge in [-0.15, -0.1) is 11.3 Å². The molecule has 4 fully saturated rings. The summed E-state index contributed by atoms with van der Waals surface area (Å²) in [4.78, 5) is 39.1. The van der Waals surface area contributed by atoms with Gasteiger partial charge in [0.2, 0.25) is 0 Å². The molecule has 5 aliphatic carbocycles. The molecule has 6 rings (SSSR count). The molecule has 168 valence electrons. The van der Waals surface area contributed by atoms with Gasteiger partial charge in [0, 0.05) is 4.88 Å². The topological polar surface area (TPSA) is 102 Å². The minimum absolute atomic E-state index is 0.269. The van der Waals surface area contributed by atoms with Gasteiger partial charge in [0.15, 0.2) is 6.61 Å². The van der Waals surface area contributed by atoms with Crippen molar-refractivity contribution < 1.29 is 29.0 Å². The lowest BCUT2D eigenvalue weighted by atomic mass is 9.48. The summed E-state index contributed by atoms with van der Waals surface area (Å²) >= 11 is 1.41. The number of aliphatic hydroxyl groups is 1. The Morgan fingerprint density at radius 2 is 1.87 bits per heavy atom. The number of anilines is 1. The van der Waals surface area contributed by atoms with E-state index in [1.54, 1.807) is 6.92 Å². The van der Waals surface area contributed by atoms with Crippen molar-refractivity contribution in [2.24, 2.45) is 17.3 Å². The molecule has 0 spiro atoms. The molecule has 0 radical (unpaired) electrons. The lowest BCUT2D eigenvalue weighted by Crippen LogP contribution is -2.58. The molecule has 1 aromatic heterocycles. The van der Waals surface area contributed by atoms with Crippen molar-refractivity contribution in [3.63, 3.8) is 0 Å². The number of esters is 2. The second-order valence-corrected chi connectivity index (χ2v) is 11.0. The van der Waals surface area contributed by atoms with Crippen LogP contribution in [0, 0.1) is 17.3 Å². The van der Waals surface area contributed by atoms with E-state index in [0.29, 0.717) is 28.8 Å². The van der Waals surface area contributed by atoms with Crippen molar-refractivity contribution in [2.45, 2.75) is 70.3 Å². The van der Waals surface area contributed by atoms with Crippen molar-refractivity contribution in [3.05, 3.63) is 16.0 Å². The molecule has 5 aliphatic rings. The van der Waals surface area contributed by atoms with Crippen LogP contribution in [0.25, 0.3) is 0 Å². The van der Waals surface area contributed by atoms with E-state index < -0.39 is 22.9 Å². The highest BCUT2D eigenvalue weighted by Gasteiger charge is 2.60. The molecule has 2 atom stereocenters. The van der Waals surface area contributed by atoms with Gasteiger partial charge in [-0.05, 0) is 82.1 Å². The monoisotopic (exact) mass is 447 g/mol. The minimum atomic E-state index is -0.753. The zero-order valence-corrected chi connectivity index (χ0v) is 18.6. The Balaban J connectivity index is 1.24. The maximum absolute atomic E-state index is 13.0. The fourth-order valence-corrected chi connectivity index (χ4v) is 8.11. The van der Waals surface area contributed by atoms with Crippen molar-refractivity contribution in [1.82, 2.24) is 0 Å². The molecular weight excluding hydrogens is 418 g/mol. The van der Waals surface area contributed by atoms with Gasteiger partial charge in [-0.3, -0.25) is 9.59 Å². The van der Waals surface area contributed by atoms with Crippen LogP contribution in [-0.4, -0.2) is 41.8 Å². The average Bonchev–Trinajstić information content (AvgIpc) is 3.24. The lowest BCUT2D eigenvalue weighted by molar-refractivity contribution is -0.196. The molecule has 8 heteroatoms. The number of nitrogens with one attached hydrogen (secondary N) is 1. The number of hydrogen-bond donors (Lipinski definition) is 2. The fourth-order valence-electron chi connectivity index (χ4n) is 6.81. The summed E-state index contributed by atoms with van der Waals surface area (Å²) in [5.74, 6) is -0.505. The quantitative estimate of drug-likeness (QED) is 0.649. The number of ether oxygens (including phenoxy) is 2. The maximum Gasteiger partial charge on any atom is 0.341 e. The zero-order chi connectivity index (χ0) is 21.8. The summed E-state index contributed by atoms with van der Waals surface area (Å²) < 4.78 is 10.6. The number of carbonyl (C=O) groups is 3. The molecule has 0 aromatic carbocycles. The average molecular weight is 448 g/mol. The summed E-state index contributed by atoms with van der Waals surface area (Å²) in [5.41, 5.74) is 0.0106. The first kappa shape index (κ1) is 20.9. The van der Waals surface area contributed by atoms with E-state index in [1.807, 2.05) is 0 Å². The van der Waals surface area contributed by atoms with Crippen LogP contribution < -0.4 is 5.32 Å². The predicted octanol–water partition coefficient (Wildman–Crippen LogP) is 3.23. The van der Waals surface area contributed by atoms with E-state index in [2.05, 4.69) is 5.32 Å². The van der Waals surface area contributed by atoms with Crippen LogP contribution in [-0.2, 0) is 31.9 Å². The fraction of sp³-hybridized carbons (Fsp3) is 0.696. The summed E-state index contributed by atoms with van der Waals surface area (Å²) in [6.07, 6.45) is 7.26. The predicted molar refractivity (Wildman–Crippen MR) is 114 cm³/mol. The second-order valence-electron chi connectivity index (χ2n) is 9.87. The van der Waals surface area contributed by atoms with Crippen LogP contribution in [0.5, 0.6) is 0 Å². The Morgan fingerprint density at radius 3 is 2.55 bits per heavy atom. The third-order valence-corrected chi connectivity index (χ3v) is 8.66. The van der Waals surface area contributed by atoms with Gasteiger partial charge in [-0.25, -0.2) is 4.79 Å². The Kier molecular flexibility index (Phi) is 5.13. The summed E-state index contributed by atoms with van der Waals surface area (Å²) in [7, 11) is 0. The van der Waals surface area contributed by atoms with Crippen molar-refractivity contribution in [1.29, 1.82) is 0 Å². The van der Waals surface area contributed by atoms with Crippen LogP contribution in [0.2, 0.25) is 0 Å². The molecule has 31 heavy (non-hydrogen) atoms. The molecule has 1 aromatic rings. The normalized spacial score (nSPS) is 32.6. The van der Waals surface area contributed by atoms with Crippen LogP contribution in [0.3, 0.4) is 0 Å². The second kappa shape index (κ2) is 7.59. The van der Waals surface area contributed by atoms with E-state index in [0.717, 1.165) is 61.8 Å². The molecule has 2 N–H and O–H groups in total. The van der Waals surface area contributed by atoms with Gasteiger partial charge < -0.3 is 19.9 Å². The Labute approximate surface area is 185 Å². The first-order chi connectivity index (χ1) is 14.8. The number of rotatable bonds is 6. The van der Waals surface area contributed by atoms with E-state index in [-0.39, 0.29) is 19.2 Å². The molecule has 0 aliphatic heterocycles. The van der Waals surface area contributed by atoms with Crippen LogP contribution in [0.1, 0.15) is 72.7 Å². The molecule has 0 saturated heterocycles. The number of thiophene rings is 1. The molecule has 2 unspecified atom stereocenters. The van der Waals surface area contributed by atoms with Crippen LogP contribution in [0.15, 0.2) is 0 Å². The number of carbonyl (C=O) groups excluding carboxylic acids is 3. The maximum atomic E-state index is 13.0. The third kappa shape index (κ3) is 3.67. The molecule has 4 bridgehead atoms. The van der Waals surface area contributed by atoms with E-state index in [9.17, 15) is 19.5 Å². The Hall–Kier alpha value is -1.93. The van der Waals surface area contributed by atoms with Gasteiger partial charge >= 0.3 is 11.9 Å². The van der Waals surface area contributed by atoms with Crippen LogP contribution in [0.4, 0.5) is 5.00 Å². The standard InChI is InChI=1S/C23H29NO6S/c1-2-29-20(26)18-15-4-3-5-16(15)31-19(18)24-17(25)11-30-21(27)22-7-13-6-14(8-22)10-23(28,9-13)12-22/h13-14,28H,2-12H2,1H3,(H,24,25). The molecular formula is C23H29NO6S.